The Bertz CT molecular complexity index is 412. The van der Waals surface area contributed by atoms with Gasteiger partial charge in [0, 0.05) is 52.7 Å². The van der Waals surface area contributed by atoms with E-state index in [1.807, 2.05) is 6.92 Å². The molecule has 140 valence electrons. The lowest BCUT2D eigenvalue weighted by Gasteiger charge is -2.35. The largest absolute Gasteiger partial charge is 0.450 e. The first-order chi connectivity index (χ1) is 11.1. The predicted molar refractivity (Wildman–Crippen MR) is 105 cm³/mol. The van der Waals surface area contributed by atoms with Crippen LogP contribution in [0.25, 0.3) is 0 Å². The van der Waals surface area contributed by atoms with Gasteiger partial charge in [0.1, 0.15) is 0 Å². The van der Waals surface area contributed by atoms with E-state index in [2.05, 4.69) is 20.5 Å². The molecule has 0 saturated carbocycles. The molecule has 1 fully saturated rings. The molecule has 1 aliphatic rings. The first kappa shape index (κ1) is 22.7. The quantitative estimate of drug-likeness (QED) is 0.353. The first-order valence-electron chi connectivity index (χ1n) is 8.26. The number of nitrogens with zero attached hydrogens (tertiary/aromatic N) is 3. The number of rotatable bonds is 6. The molecular weight excluding hydrogens is 425 g/mol. The maximum absolute atomic E-state index is 11.7. The third-order valence-electron chi connectivity index (χ3n) is 3.52. The number of carbonyl (C=O) groups excluding carboxylic acids is 2. The summed E-state index contributed by atoms with van der Waals surface area (Å²) in [6.07, 6.45) is 1.09. The molecule has 0 aromatic heterocycles. The van der Waals surface area contributed by atoms with E-state index in [1.165, 1.54) is 0 Å². The number of aliphatic imine (C=N–C) groups is 1. The number of amides is 2. The summed E-state index contributed by atoms with van der Waals surface area (Å²) in [4.78, 5) is 31.3. The Labute approximate surface area is 161 Å². The lowest BCUT2D eigenvalue weighted by Crippen LogP contribution is -2.54. The minimum absolute atomic E-state index is 0. The summed E-state index contributed by atoms with van der Waals surface area (Å²) in [6.45, 7) is 8.08. The van der Waals surface area contributed by atoms with E-state index in [-0.39, 0.29) is 36.0 Å². The molecule has 1 saturated heterocycles. The van der Waals surface area contributed by atoms with Crippen LogP contribution in [0.4, 0.5) is 4.79 Å². The summed E-state index contributed by atoms with van der Waals surface area (Å²) < 4.78 is 5.01. The number of halogens is 1. The number of hydrogen-bond acceptors (Lipinski definition) is 4. The third-order valence-corrected chi connectivity index (χ3v) is 3.52. The number of ether oxygens (including phenoxy) is 1. The van der Waals surface area contributed by atoms with Crippen LogP contribution in [0.5, 0.6) is 0 Å². The van der Waals surface area contributed by atoms with Crippen LogP contribution in [0, 0.1) is 0 Å². The van der Waals surface area contributed by atoms with E-state index in [0.717, 1.165) is 12.4 Å². The molecule has 0 radical (unpaired) electrons. The zero-order valence-electron chi connectivity index (χ0n) is 14.8. The van der Waals surface area contributed by atoms with Crippen LogP contribution >= 0.6 is 24.0 Å². The fourth-order valence-corrected chi connectivity index (χ4v) is 2.29. The Morgan fingerprint density at radius 2 is 1.67 bits per heavy atom. The van der Waals surface area contributed by atoms with Gasteiger partial charge in [-0.2, -0.15) is 0 Å². The minimum atomic E-state index is -0.261. The topological polar surface area (TPSA) is 86.3 Å². The standard InChI is InChI=1S/C15H29N5O3.HI/c1-4-7-17-13(21)6-8-18-14(16-3)19-9-11-20(12-10-19)15(22)23-5-2;/h4-12H2,1-3H3,(H,16,18)(H,17,21);1H. The molecule has 1 aliphatic heterocycles. The smallest absolute Gasteiger partial charge is 0.409 e. The molecule has 0 aliphatic carbocycles. The SMILES string of the molecule is CCCNC(=O)CCNC(=NC)N1CCN(C(=O)OCC)CC1.I. The molecule has 9 heteroatoms. The van der Waals surface area contributed by atoms with Crippen molar-refractivity contribution in [2.24, 2.45) is 4.99 Å². The molecule has 0 atom stereocenters. The number of piperazine rings is 1. The summed E-state index contributed by atoms with van der Waals surface area (Å²) in [7, 11) is 1.72. The summed E-state index contributed by atoms with van der Waals surface area (Å²) in [5, 5.41) is 6.04. The van der Waals surface area contributed by atoms with Gasteiger partial charge in [-0.15, -0.1) is 24.0 Å². The highest BCUT2D eigenvalue weighted by Crippen LogP contribution is 2.04. The molecule has 2 N–H and O–H groups in total. The lowest BCUT2D eigenvalue weighted by atomic mass is 10.3. The summed E-state index contributed by atoms with van der Waals surface area (Å²) in [5.74, 6) is 0.804. The van der Waals surface area contributed by atoms with Gasteiger partial charge < -0.3 is 25.2 Å². The summed E-state index contributed by atoms with van der Waals surface area (Å²) in [6, 6.07) is 0. The van der Waals surface area contributed by atoms with Gasteiger partial charge in [-0.3, -0.25) is 9.79 Å². The Morgan fingerprint density at radius 1 is 1.04 bits per heavy atom. The third kappa shape index (κ3) is 8.02. The van der Waals surface area contributed by atoms with Gasteiger partial charge >= 0.3 is 6.09 Å². The van der Waals surface area contributed by atoms with Gasteiger partial charge in [0.2, 0.25) is 5.91 Å². The van der Waals surface area contributed by atoms with Gasteiger partial charge in [0.15, 0.2) is 5.96 Å². The minimum Gasteiger partial charge on any atom is -0.450 e. The first-order valence-corrected chi connectivity index (χ1v) is 8.26. The van der Waals surface area contributed by atoms with Crippen molar-refractivity contribution in [1.29, 1.82) is 0 Å². The zero-order chi connectivity index (χ0) is 17.1. The summed E-state index contributed by atoms with van der Waals surface area (Å²) >= 11 is 0. The van der Waals surface area contributed by atoms with Crippen LogP contribution in [0.3, 0.4) is 0 Å². The average Bonchev–Trinajstić information content (AvgIpc) is 2.57. The fourth-order valence-electron chi connectivity index (χ4n) is 2.29. The number of nitrogens with one attached hydrogen (secondary N) is 2. The van der Waals surface area contributed by atoms with Crippen LogP contribution in [-0.4, -0.2) is 80.7 Å². The van der Waals surface area contributed by atoms with Crippen LogP contribution < -0.4 is 10.6 Å². The molecule has 1 rings (SSSR count). The number of guanidine groups is 1. The van der Waals surface area contributed by atoms with Crippen molar-refractivity contribution in [1.82, 2.24) is 20.4 Å². The van der Waals surface area contributed by atoms with E-state index in [9.17, 15) is 9.59 Å². The monoisotopic (exact) mass is 455 g/mol. The second-order valence-corrected chi connectivity index (χ2v) is 5.25. The average molecular weight is 455 g/mol. The molecule has 0 spiro atoms. The second-order valence-electron chi connectivity index (χ2n) is 5.25. The predicted octanol–water partition coefficient (Wildman–Crippen LogP) is 0.870. The number of carbonyl (C=O) groups is 2. The van der Waals surface area contributed by atoms with Crippen molar-refractivity contribution >= 4 is 41.9 Å². The van der Waals surface area contributed by atoms with Gasteiger partial charge in [-0.05, 0) is 13.3 Å². The Kier molecular flexibility index (Phi) is 12.4. The lowest BCUT2D eigenvalue weighted by molar-refractivity contribution is -0.120. The molecular formula is C15H30IN5O3. The van der Waals surface area contributed by atoms with Crippen molar-refractivity contribution in [3.05, 3.63) is 0 Å². The van der Waals surface area contributed by atoms with E-state index < -0.39 is 0 Å². The maximum Gasteiger partial charge on any atom is 0.409 e. The van der Waals surface area contributed by atoms with Crippen molar-refractivity contribution in [3.63, 3.8) is 0 Å². The van der Waals surface area contributed by atoms with Crippen molar-refractivity contribution < 1.29 is 14.3 Å². The highest BCUT2D eigenvalue weighted by molar-refractivity contribution is 14.0. The van der Waals surface area contributed by atoms with Gasteiger partial charge in [-0.1, -0.05) is 6.92 Å². The van der Waals surface area contributed by atoms with E-state index in [1.54, 1.807) is 18.9 Å². The van der Waals surface area contributed by atoms with Crippen LogP contribution in [-0.2, 0) is 9.53 Å². The van der Waals surface area contributed by atoms with Crippen LogP contribution in [0.2, 0.25) is 0 Å². The van der Waals surface area contributed by atoms with Gasteiger partial charge in [0.25, 0.3) is 0 Å². The van der Waals surface area contributed by atoms with E-state index in [4.69, 9.17) is 4.74 Å². The number of hydrogen-bond donors (Lipinski definition) is 2. The highest BCUT2D eigenvalue weighted by Gasteiger charge is 2.23. The second kappa shape index (κ2) is 13.1. The fraction of sp³-hybridized carbons (Fsp3) is 0.800. The molecule has 0 aromatic rings. The molecule has 24 heavy (non-hydrogen) atoms. The van der Waals surface area contributed by atoms with Crippen molar-refractivity contribution in [2.75, 3.05) is 52.9 Å². The normalized spacial score (nSPS) is 14.7. The van der Waals surface area contributed by atoms with Crippen molar-refractivity contribution in [2.45, 2.75) is 26.7 Å². The van der Waals surface area contributed by atoms with Crippen LogP contribution in [0.15, 0.2) is 4.99 Å². The Balaban J connectivity index is 0.00000529. The Hall–Kier alpha value is -1.26. The van der Waals surface area contributed by atoms with Crippen LogP contribution in [0.1, 0.15) is 26.7 Å². The van der Waals surface area contributed by atoms with E-state index in [0.29, 0.717) is 52.3 Å². The highest BCUT2D eigenvalue weighted by atomic mass is 127. The molecule has 0 aromatic carbocycles. The molecule has 1 heterocycles. The Morgan fingerprint density at radius 3 is 2.21 bits per heavy atom. The van der Waals surface area contributed by atoms with Crippen molar-refractivity contribution in [3.8, 4) is 0 Å². The zero-order valence-corrected chi connectivity index (χ0v) is 17.2. The molecule has 8 nitrogen and oxygen atoms in total. The molecule has 2 amide bonds. The van der Waals surface area contributed by atoms with Gasteiger partial charge in [0.05, 0.1) is 6.61 Å². The van der Waals surface area contributed by atoms with Gasteiger partial charge in [-0.25, -0.2) is 4.79 Å². The molecule has 0 bridgehead atoms. The summed E-state index contributed by atoms with van der Waals surface area (Å²) in [5.41, 5.74) is 0. The van der Waals surface area contributed by atoms with E-state index >= 15 is 0 Å². The molecule has 0 unspecified atom stereocenters. The maximum atomic E-state index is 11.7.